The third-order valence-corrected chi connectivity index (χ3v) is 9.44. The molecule has 2 aromatic carbocycles. The van der Waals surface area contributed by atoms with Crippen LogP contribution in [0.5, 0.6) is 5.75 Å². The van der Waals surface area contributed by atoms with Crippen LogP contribution in [0.25, 0.3) is 0 Å². The predicted octanol–water partition coefficient (Wildman–Crippen LogP) is 6.36. The Hall–Kier alpha value is -2.55. The maximum absolute atomic E-state index is 12.0. The summed E-state index contributed by atoms with van der Waals surface area (Å²) < 4.78 is 12.2. The smallest absolute Gasteiger partial charge is 0.303 e. The van der Waals surface area contributed by atoms with Gasteiger partial charge < -0.3 is 9.47 Å². The van der Waals surface area contributed by atoms with E-state index in [1.807, 2.05) is 6.07 Å². The van der Waals surface area contributed by atoms with E-state index in [-0.39, 0.29) is 22.4 Å². The monoisotopic (exact) mass is 428 g/mol. The summed E-state index contributed by atoms with van der Waals surface area (Å²) in [7, 11) is 0. The number of carbonyl (C=O) groups excluding carboxylic acids is 1. The van der Waals surface area contributed by atoms with Crippen molar-refractivity contribution in [3.8, 4) is 5.75 Å². The maximum atomic E-state index is 12.0. The van der Waals surface area contributed by atoms with Crippen LogP contribution >= 0.6 is 0 Å². The number of hydrogen-bond donors (Lipinski definition) is 0. The van der Waals surface area contributed by atoms with Crippen molar-refractivity contribution in [3.63, 3.8) is 0 Å². The molecule has 0 N–H and O–H groups in total. The van der Waals surface area contributed by atoms with Gasteiger partial charge in [0.2, 0.25) is 0 Å². The summed E-state index contributed by atoms with van der Waals surface area (Å²) in [6.45, 7) is 4.57. The first-order valence-corrected chi connectivity index (χ1v) is 12.2. The van der Waals surface area contributed by atoms with Gasteiger partial charge in [-0.2, -0.15) is 0 Å². The second-order valence-electron chi connectivity index (χ2n) is 10.6. The molecule has 3 heteroatoms. The second-order valence-corrected chi connectivity index (χ2v) is 10.6. The Morgan fingerprint density at radius 1 is 1.03 bits per heavy atom. The first kappa shape index (κ1) is 20.1. The van der Waals surface area contributed by atoms with Crippen molar-refractivity contribution < 1.29 is 14.3 Å². The number of allylic oxidation sites excluding steroid dienone is 1. The first-order valence-electron chi connectivity index (χ1n) is 12.2. The van der Waals surface area contributed by atoms with Crippen LogP contribution in [0, 0.1) is 16.7 Å². The molecule has 0 unspecified atom stereocenters. The van der Waals surface area contributed by atoms with E-state index >= 15 is 0 Å². The van der Waals surface area contributed by atoms with Crippen LogP contribution in [-0.2, 0) is 22.6 Å². The molecule has 2 bridgehead atoms. The number of hydrogen-bond acceptors (Lipinski definition) is 3. The Kier molecular flexibility index (Phi) is 4.38. The van der Waals surface area contributed by atoms with Gasteiger partial charge in [0.05, 0.1) is 0 Å². The fraction of sp³-hybridized carbons (Fsp3) is 0.483. The Balaban J connectivity index is 1.26. The van der Waals surface area contributed by atoms with E-state index in [0.29, 0.717) is 18.4 Å². The molecule has 166 valence electrons. The van der Waals surface area contributed by atoms with E-state index in [2.05, 4.69) is 61.5 Å². The molecule has 0 heterocycles. The average Bonchev–Trinajstić information content (AvgIpc) is 3.20. The van der Waals surface area contributed by atoms with Crippen molar-refractivity contribution in [2.45, 2.75) is 70.5 Å². The standard InChI is InChI=1S/C29H32O3/c1-20(30)32-29-16-14-28(15-17-29)26-11-8-22-18-23(31-19-21-6-4-3-5-7-21)9-10-24(22)25(26)12-13-27(28,29)2/h3-7,9-10,14,16,18,25-26H,8,11-13,15,17,19H2,1-2H3/t25-,26-,27+,28+,29+/m1/s1. The quantitative estimate of drug-likeness (QED) is 0.420. The minimum absolute atomic E-state index is 0.0308. The highest BCUT2D eigenvalue weighted by Crippen LogP contribution is 2.75. The van der Waals surface area contributed by atoms with Crippen LogP contribution < -0.4 is 4.74 Å². The number of rotatable bonds is 4. The van der Waals surface area contributed by atoms with Crippen LogP contribution in [0.4, 0.5) is 0 Å². The predicted molar refractivity (Wildman–Crippen MR) is 124 cm³/mol. The third-order valence-electron chi connectivity index (χ3n) is 9.44. The van der Waals surface area contributed by atoms with Crippen LogP contribution in [0.3, 0.4) is 0 Å². The van der Waals surface area contributed by atoms with Gasteiger partial charge in [-0.1, -0.05) is 49.4 Å². The lowest BCUT2D eigenvalue weighted by Crippen LogP contribution is -2.53. The van der Waals surface area contributed by atoms with Crippen LogP contribution in [0.15, 0.2) is 60.7 Å². The molecule has 4 aliphatic rings. The largest absolute Gasteiger partial charge is 0.489 e. The summed E-state index contributed by atoms with van der Waals surface area (Å²) in [6, 6.07) is 17.1. The number of carbonyl (C=O) groups is 1. The van der Waals surface area contributed by atoms with Gasteiger partial charge in [0.15, 0.2) is 0 Å². The summed E-state index contributed by atoms with van der Waals surface area (Å²) in [6.07, 6.45) is 11.4. The molecule has 3 nitrogen and oxygen atoms in total. The highest BCUT2D eigenvalue weighted by Gasteiger charge is 2.73. The maximum Gasteiger partial charge on any atom is 0.303 e. The van der Waals surface area contributed by atoms with Crippen LogP contribution in [-0.4, -0.2) is 11.6 Å². The van der Waals surface area contributed by atoms with Crippen molar-refractivity contribution >= 4 is 5.97 Å². The third kappa shape index (κ3) is 2.63. The van der Waals surface area contributed by atoms with E-state index in [4.69, 9.17) is 9.47 Å². The second kappa shape index (κ2) is 6.97. The molecule has 4 aliphatic carbocycles. The summed E-state index contributed by atoms with van der Waals surface area (Å²) in [5.74, 6) is 2.04. The van der Waals surface area contributed by atoms with Gasteiger partial charge in [-0.05, 0) is 85.3 Å². The number of aryl methyl sites for hydroxylation is 1. The van der Waals surface area contributed by atoms with Crippen molar-refractivity contribution in [2.75, 3.05) is 0 Å². The lowest BCUT2D eigenvalue weighted by atomic mass is 9.48. The highest BCUT2D eigenvalue weighted by molar-refractivity contribution is 5.67. The normalized spacial score (nSPS) is 36.2. The fourth-order valence-corrected chi connectivity index (χ4v) is 7.91. The lowest BCUT2D eigenvalue weighted by molar-refractivity contribution is -0.168. The van der Waals surface area contributed by atoms with Gasteiger partial charge in [0, 0.05) is 17.8 Å². The number of fused-ring (bicyclic) bond motifs is 3. The molecule has 0 amide bonds. The first-order chi connectivity index (χ1) is 15.5. The van der Waals surface area contributed by atoms with Gasteiger partial charge in [-0.25, -0.2) is 0 Å². The SMILES string of the molecule is CC(=O)O[C@@]12C=C[C@]3(CC1)[C@@H]1CCc4cc(OCc5ccccc5)ccc4[C@H]1CC[C@@]32C. The Bertz CT molecular complexity index is 1090. The minimum Gasteiger partial charge on any atom is -0.489 e. The van der Waals surface area contributed by atoms with E-state index in [0.717, 1.165) is 31.4 Å². The molecule has 0 spiro atoms. The van der Waals surface area contributed by atoms with Crippen molar-refractivity contribution in [1.29, 1.82) is 0 Å². The molecule has 0 aromatic heterocycles. The number of esters is 1. The van der Waals surface area contributed by atoms with Gasteiger partial charge >= 0.3 is 5.97 Å². The summed E-state index contributed by atoms with van der Waals surface area (Å²) >= 11 is 0. The van der Waals surface area contributed by atoms with Crippen molar-refractivity contribution in [1.82, 2.24) is 0 Å². The van der Waals surface area contributed by atoms with Gasteiger partial charge in [0.25, 0.3) is 0 Å². The molecule has 0 radical (unpaired) electrons. The Morgan fingerprint density at radius 2 is 1.88 bits per heavy atom. The molecule has 6 rings (SSSR count). The van der Waals surface area contributed by atoms with Gasteiger partial charge in [0.1, 0.15) is 18.0 Å². The number of ether oxygens (including phenoxy) is 2. The topological polar surface area (TPSA) is 35.5 Å². The van der Waals surface area contributed by atoms with Crippen molar-refractivity contribution in [3.05, 3.63) is 77.4 Å². The number of benzene rings is 2. The van der Waals surface area contributed by atoms with Crippen LogP contribution in [0.1, 0.15) is 68.6 Å². The molecule has 0 aliphatic heterocycles. The van der Waals surface area contributed by atoms with E-state index in [9.17, 15) is 4.79 Å². The Morgan fingerprint density at radius 3 is 2.62 bits per heavy atom. The van der Waals surface area contributed by atoms with Crippen LogP contribution in [0.2, 0.25) is 0 Å². The molecule has 0 saturated heterocycles. The highest BCUT2D eigenvalue weighted by atomic mass is 16.6. The minimum atomic E-state index is -0.390. The van der Waals surface area contributed by atoms with Gasteiger partial charge in [-0.3, -0.25) is 4.79 Å². The zero-order chi connectivity index (χ0) is 22.0. The lowest BCUT2D eigenvalue weighted by Gasteiger charge is -2.56. The van der Waals surface area contributed by atoms with E-state index < -0.39 is 0 Å². The van der Waals surface area contributed by atoms with Gasteiger partial charge in [-0.15, -0.1) is 0 Å². The Labute approximate surface area is 190 Å². The zero-order valence-corrected chi connectivity index (χ0v) is 19.1. The molecule has 2 fully saturated rings. The molecule has 32 heavy (non-hydrogen) atoms. The average molecular weight is 429 g/mol. The van der Waals surface area contributed by atoms with E-state index in [1.165, 1.54) is 29.5 Å². The zero-order valence-electron chi connectivity index (χ0n) is 19.1. The molecule has 2 aromatic rings. The molecular formula is C29H32O3. The summed E-state index contributed by atoms with van der Waals surface area (Å²) in [4.78, 5) is 12.0. The van der Waals surface area contributed by atoms with E-state index in [1.54, 1.807) is 6.92 Å². The molecule has 5 atom stereocenters. The fourth-order valence-electron chi connectivity index (χ4n) is 7.91. The molecule has 2 saturated carbocycles. The molecular weight excluding hydrogens is 396 g/mol. The summed E-state index contributed by atoms with van der Waals surface area (Å²) in [5.41, 5.74) is 3.98. The summed E-state index contributed by atoms with van der Waals surface area (Å²) in [5, 5.41) is 0. The van der Waals surface area contributed by atoms with Crippen molar-refractivity contribution in [2.24, 2.45) is 16.7 Å².